The van der Waals surface area contributed by atoms with E-state index in [-0.39, 0.29) is 30.0 Å². The lowest BCUT2D eigenvalue weighted by Crippen LogP contribution is -2.43. The lowest BCUT2D eigenvalue weighted by Gasteiger charge is -2.33. The second-order valence-electron chi connectivity index (χ2n) is 14.6. The molecule has 0 fully saturated rings. The number of rotatable bonds is 30. The fraction of sp³-hybridized carbons (Fsp3) is 0.718. The van der Waals surface area contributed by atoms with Crippen molar-refractivity contribution in [2.45, 2.75) is 155 Å². The molecule has 8 unspecified atom stereocenters. The molecule has 54 heavy (non-hydrogen) atoms. The van der Waals surface area contributed by atoms with Crippen molar-refractivity contribution in [2.24, 2.45) is 23.7 Å². The van der Waals surface area contributed by atoms with Crippen LogP contribution in [0.25, 0.3) is 0 Å². The van der Waals surface area contributed by atoms with Crippen LogP contribution < -0.4 is 4.57 Å². The molecular weight excluding hydrogens is 706 g/mol. The summed E-state index contributed by atoms with van der Waals surface area (Å²) >= 11 is 0. The van der Waals surface area contributed by atoms with E-state index < -0.39 is 91.6 Å². The molecule has 0 saturated heterocycles. The minimum absolute atomic E-state index is 0.0537. The van der Waals surface area contributed by atoms with Crippen LogP contribution in [0.5, 0.6) is 5.75 Å². The van der Waals surface area contributed by atoms with Crippen molar-refractivity contribution in [1.29, 1.82) is 0 Å². The smallest absolute Gasteiger partial charge is 0.307 e. The number of carboxylic acid groups (broad SMARTS) is 4. The Bertz CT molecular complexity index is 1340. The molecule has 0 aliphatic carbocycles. The number of ether oxygens (including phenoxy) is 2. The number of aliphatic hydroxyl groups is 1. The molecule has 6 N–H and O–H groups in total. The Morgan fingerprint density at radius 1 is 0.704 bits per heavy atom. The molecule has 0 saturated carbocycles. The van der Waals surface area contributed by atoms with Gasteiger partial charge in [0.05, 0.1) is 37.5 Å². The van der Waals surface area contributed by atoms with Gasteiger partial charge in [-0.25, -0.2) is 0 Å². The van der Waals surface area contributed by atoms with E-state index >= 15 is 0 Å². The average molecular weight is 769 g/mol. The summed E-state index contributed by atoms with van der Waals surface area (Å²) < 4.78 is 13.4. The number of pyridine rings is 1. The highest BCUT2D eigenvalue weighted by atomic mass is 16.6. The van der Waals surface area contributed by atoms with Crippen LogP contribution in [0.2, 0.25) is 0 Å². The fourth-order valence-electron chi connectivity index (χ4n) is 6.47. The Morgan fingerprint density at radius 2 is 1.22 bits per heavy atom. The predicted octanol–water partition coefficient (Wildman–Crippen LogP) is 5.53. The first-order chi connectivity index (χ1) is 25.4. The molecule has 0 aliphatic heterocycles. The normalized spacial score (nSPS) is 15.8. The zero-order chi connectivity index (χ0) is 40.8. The first-order valence-electron chi connectivity index (χ1n) is 19.1. The molecule has 1 rings (SSSR count). The third-order valence-electron chi connectivity index (χ3n) is 9.77. The second-order valence-corrected chi connectivity index (χ2v) is 14.6. The monoisotopic (exact) mass is 768 g/mol. The number of carbonyl (C=O) groups is 6. The van der Waals surface area contributed by atoms with E-state index in [1.807, 2.05) is 20.8 Å². The van der Waals surface area contributed by atoms with E-state index in [9.17, 15) is 49.2 Å². The maximum atomic E-state index is 13.1. The van der Waals surface area contributed by atoms with Crippen LogP contribution in [-0.4, -0.2) is 84.8 Å². The zero-order valence-electron chi connectivity index (χ0n) is 32.1. The molecular formula is C39H62NO14+. The summed E-state index contributed by atoms with van der Waals surface area (Å²) in [6, 6.07) is 3.12. The van der Waals surface area contributed by atoms with Crippen molar-refractivity contribution < 1.29 is 73.4 Å². The highest BCUT2D eigenvalue weighted by Gasteiger charge is 2.37. The summed E-state index contributed by atoms with van der Waals surface area (Å²) in [6.45, 7) is 7.60. The van der Waals surface area contributed by atoms with Gasteiger partial charge < -0.3 is 40.1 Å². The van der Waals surface area contributed by atoms with Gasteiger partial charge in [0.25, 0.3) is 0 Å². The van der Waals surface area contributed by atoms with Gasteiger partial charge in [0, 0.05) is 13.0 Å². The van der Waals surface area contributed by atoms with Gasteiger partial charge in [0.1, 0.15) is 18.3 Å². The number of carbonyl (C=O) groups excluding carboxylic acids is 2. The first-order valence-corrected chi connectivity index (χ1v) is 19.1. The number of hydrogen-bond acceptors (Lipinski definition) is 10. The number of aliphatic carboxylic acids is 4. The molecule has 8 atom stereocenters. The number of aromatic hydroxyl groups is 1. The molecule has 306 valence electrons. The average Bonchev–Trinajstić information content (AvgIpc) is 3.08. The van der Waals surface area contributed by atoms with Gasteiger partial charge in [-0.3, -0.25) is 28.8 Å². The van der Waals surface area contributed by atoms with Gasteiger partial charge >= 0.3 is 35.8 Å². The quantitative estimate of drug-likeness (QED) is 0.0320. The van der Waals surface area contributed by atoms with Gasteiger partial charge in [-0.1, -0.05) is 78.6 Å². The molecule has 1 aromatic rings. The van der Waals surface area contributed by atoms with Gasteiger partial charge in [-0.2, -0.15) is 4.57 Å². The Labute approximate surface area is 317 Å². The number of esters is 2. The Balaban J connectivity index is 2.94. The number of aliphatic hydroxyl groups excluding tert-OH is 1. The molecule has 1 aromatic heterocycles. The minimum Gasteiger partial charge on any atom is -0.503 e. The summed E-state index contributed by atoms with van der Waals surface area (Å²) in [5.41, 5.74) is 0. The number of aromatic nitrogens is 1. The van der Waals surface area contributed by atoms with Crippen molar-refractivity contribution >= 4 is 35.8 Å². The van der Waals surface area contributed by atoms with Crippen molar-refractivity contribution in [1.82, 2.24) is 0 Å². The van der Waals surface area contributed by atoms with Crippen molar-refractivity contribution in [3.63, 3.8) is 0 Å². The number of carboxylic acids is 4. The SMILES string of the molecule is CCCCC(C)C(OC(=O)CC(CC(=O)O)C(=O)O)C(CC(C)CCCCCCCCC(O)C(C)[n+]1cccc(O)c1)OC(=O)CC(CC(=O)O)C(=O)O. The highest BCUT2D eigenvalue weighted by Crippen LogP contribution is 2.29. The first kappa shape index (κ1) is 47.8. The molecule has 0 aromatic carbocycles. The Kier molecular flexibility index (Phi) is 22.7. The summed E-state index contributed by atoms with van der Waals surface area (Å²) in [7, 11) is 0. The zero-order valence-corrected chi connectivity index (χ0v) is 32.1. The van der Waals surface area contributed by atoms with Gasteiger partial charge in [0.2, 0.25) is 6.20 Å². The van der Waals surface area contributed by atoms with Crippen LogP contribution in [0.4, 0.5) is 0 Å². The van der Waals surface area contributed by atoms with Crippen LogP contribution in [-0.2, 0) is 38.2 Å². The van der Waals surface area contributed by atoms with Gasteiger partial charge in [-0.15, -0.1) is 0 Å². The van der Waals surface area contributed by atoms with Crippen LogP contribution in [0.1, 0.15) is 136 Å². The third kappa shape index (κ3) is 19.7. The van der Waals surface area contributed by atoms with E-state index in [0.29, 0.717) is 12.8 Å². The molecule has 0 bridgehead atoms. The summed E-state index contributed by atoms with van der Waals surface area (Å²) in [5.74, 6) is -11.1. The van der Waals surface area contributed by atoms with Crippen LogP contribution in [0.15, 0.2) is 24.5 Å². The van der Waals surface area contributed by atoms with Crippen molar-refractivity contribution in [3.8, 4) is 5.75 Å². The Hall–Kier alpha value is -4.27. The summed E-state index contributed by atoms with van der Waals surface area (Å²) in [4.78, 5) is 71.9. The highest BCUT2D eigenvalue weighted by molar-refractivity contribution is 5.83. The lowest BCUT2D eigenvalue weighted by molar-refractivity contribution is -0.727. The predicted molar refractivity (Wildman–Crippen MR) is 194 cm³/mol. The number of unbranched alkanes of at least 4 members (excludes halogenated alkanes) is 6. The van der Waals surface area contributed by atoms with Crippen LogP contribution >= 0.6 is 0 Å². The van der Waals surface area contributed by atoms with E-state index in [4.69, 9.17) is 19.7 Å². The van der Waals surface area contributed by atoms with Gasteiger partial charge in [0.15, 0.2) is 18.0 Å². The Morgan fingerprint density at radius 3 is 1.72 bits per heavy atom. The van der Waals surface area contributed by atoms with E-state index in [2.05, 4.69) is 0 Å². The van der Waals surface area contributed by atoms with E-state index in [1.54, 1.807) is 36.0 Å². The maximum Gasteiger partial charge on any atom is 0.307 e. The van der Waals surface area contributed by atoms with Crippen LogP contribution in [0, 0.1) is 23.7 Å². The number of nitrogens with zero attached hydrogens (tertiary/aromatic N) is 1. The van der Waals surface area contributed by atoms with Gasteiger partial charge in [-0.05, 0) is 37.2 Å². The molecule has 1 heterocycles. The topological polar surface area (TPSA) is 246 Å². The van der Waals surface area contributed by atoms with Crippen molar-refractivity contribution in [3.05, 3.63) is 24.5 Å². The van der Waals surface area contributed by atoms with Crippen molar-refractivity contribution in [2.75, 3.05) is 0 Å². The van der Waals surface area contributed by atoms with Crippen LogP contribution in [0.3, 0.4) is 0 Å². The molecule has 15 heteroatoms. The maximum absolute atomic E-state index is 13.1. The number of hydrogen-bond donors (Lipinski definition) is 6. The third-order valence-corrected chi connectivity index (χ3v) is 9.77. The lowest BCUT2D eigenvalue weighted by atomic mass is 9.87. The standard InChI is InChI=1S/C39H61NO14/c1-5-6-15-26(3)37(54-36(48)23-29(39(51)52)21-34(45)46)32(53-35(47)22-28(38(49)50)20-33(43)44)19-25(2)14-11-9-7-8-10-12-17-31(42)27(4)40-18-13-16-30(41)24-40/h13,16,18,24-29,31-32,37,42H,5-12,14-15,17,19-23H2,1-4H3,(H4-,41,43,44,45,46,49,50,51,52)/p+1. The molecule has 15 nitrogen and oxygen atoms in total. The molecule has 0 amide bonds. The molecule has 0 aliphatic rings. The summed E-state index contributed by atoms with van der Waals surface area (Å²) in [5, 5.41) is 57.5. The van der Waals surface area contributed by atoms with E-state index in [0.717, 1.165) is 57.8 Å². The largest absolute Gasteiger partial charge is 0.503 e. The van der Waals surface area contributed by atoms with E-state index in [1.165, 1.54) is 0 Å². The second kappa shape index (κ2) is 25.7. The minimum atomic E-state index is -1.54. The molecule has 0 spiro atoms. The summed E-state index contributed by atoms with van der Waals surface area (Å²) in [6.07, 6.45) is 6.87. The fourth-order valence-corrected chi connectivity index (χ4v) is 6.47. The molecule has 0 radical (unpaired) electrons.